The lowest BCUT2D eigenvalue weighted by atomic mass is 9.99. The van der Waals surface area contributed by atoms with Crippen LogP contribution in [-0.4, -0.2) is 18.6 Å². The lowest BCUT2D eigenvalue weighted by Crippen LogP contribution is -2.24. The minimum absolute atomic E-state index is 0.851. The maximum atomic E-state index is 4.30. The Labute approximate surface area is 120 Å². The molecule has 0 saturated heterocycles. The number of hydrogen-bond donors (Lipinski definition) is 1. The van der Waals surface area contributed by atoms with Crippen LogP contribution >= 0.6 is 0 Å². The maximum Gasteiger partial charge on any atom is 0.0603 e. The van der Waals surface area contributed by atoms with Gasteiger partial charge in [-0.3, -0.25) is 4.98 Å². The number of anilines is 2. The number of pyridine rings is 1. The summed E-state index contributed by atoms with van der Waals surface area (Å²) in [4.78, 5) is 6.65. The molecule has 1 aromatic heterocycles. The van der Waals surface area contributed by atoms with E-state index < -0.39 is 0 Å². The monoisotopic (exact) mass is 267 g/mol. The summed E-state index contributed by atoms with van der Waals surface area (Å²) >= 11 is 0. The van der Waals surface area contributed by atoms with Crippen LogP contribution in [0.15, 0.2) is 36.5 Å². The highest BCUT2D eigenvalue weighted by atomic mass is 15.1. The molecule has 3 nitrogen and oxygen atoms in total. The topological polar surface area (TPSA) is 28.2 Å². The van der Waals surface area contributed by atoms with Gasteiger partial charge in [-0.15, -0.1) is 0 Å². The van der Waals surface area contributed by atoms with Crippen molar-refractivity contribution in [3.8, 4) is 0 Å². The van der Waals surface area contributed by atoms with Crippen molar-refractivity contribution < 1.29 is 0 Å². The van der Waals surface area contributed by atoms with Gasteiger partial charge in [-0.2, -0.15) is 0 Å². The van der Waals surface area contributed by atoms with Crippen molar-refractivity contribution in [3.05, 3.63) is 53.3 Å². The fraction of sp³-hybridized carbons (Fsp3) is 0.353. The number of fused-ring (bicyclic) bond motifs is 1. The van der Waals surface area contributed by atoms with E-state index in [0.717, 1.165) is 17.9 Å². The summed E-state index contributed by atoms with van der Waals surface area (Å²) in [5.74, 6) is 0. The fourth-order valence-corrected chi connectivity index (χ4v) is 2.82. The van der Waals surface area contributed by atoms with Crippen LogP contribution in [0.1, 0.15) is 23.2 Å². The summed E-state index contributed by atoms with van der Waals surface area (Å²) < 4.78 is 0. The van der Waals surface area contributed by atoms with Crippen LogP contribution < -0.4 is 10.2 Å². The largest absolute Gasteiger partial charge is 0.380 e. The van der Waals surface area contributed by atoms with E-state index in [0.29, 0.717) is 0 Å². The number of benzene rings is 1. The number of rotatable bonds is 3. The van der Waals surface area contributed by atoms with Gasteiger partial charge in [-0.25, -0.2) is 0 Å². The molecule has 1 aliphatic rings. The van der Waals surface area contributed by atoms with Gasteiger partial charge in [0, 0.05) is 32.0 Å². The van der Waals surface area contributed by atoms with Crippen LogP contribution in [-0.2, 0) is 13.0 Å². The number of aryl methyl sites for hydroxylation is 2. The highest BCUT2D eigenvalue weighted by Crippen LogP contribution is 2.27. The third-order valence-corrected chi connectivity index (χ3v) is 3.98. The summed E-state index contributed by atoms with van der Waals surface area (Å²) in [6.07, 6.45) is 4.27. The van der Waals surface area contributed by atoms with Crippen LogP contribution in [0.5, 0.6) is 0 Å². The second-order valence-corrected chi connectivity index (χ2v) is 5.48. The van der Waals surface area contributed by atoms with E-state index in [1.807, 2.05) is 19.2 Å². The van der Waals surface area contributed by atoms with Gasteiger partial charge in [0.1, 0.15) is 0 Å². The van der Waals surface area contributed by atoms with Crippen molar-refractivity contribution in [2.75, 3.05) is 23.8 Å². The van der Waals surface area contributed by atoms with E-state index in [1.54, 1.807) is 0 Å². The smallest absolute Gasteiger partial charge is 0.0603 e. The molecule has 2 aromatic rings. The summed E-state index contributed by atoms with van der Waals surface area (Å²) in [6.45, 7) is 4.05. The Morgan fingerprint density at radius 2 is 2.20 bits per heavy atom. The number of nitrogens with one attached hydrogen (secondary N) is 1. The molecular formula is C17H21N3. The molecule has 0 spiro atoms. The first-order valence-corrected chi connectivity index (χ1v) is 7.22. The van der Waals surface area contributed by atoms with E-state index in [1.165, 1.54) is 36.2 Å². The predicted molar refractivity (Wildman–Crippen MR) is 84.3 cm³/mol. The van der Waals surface area contributed by atoms with Crippen LogP contribution in [0.3, 0.4) is 0 Å². The highest BCUT2D eigenvalue weighted by molar-refractivity contribution is 5.56. The van der Waals surface area contributed by atoms with Crippen LogP contribution in [0.4, 0.5) is 11.4 Å². The third-order valence-electron chi connectivity index (χ3n) is 3.98. The minimum Gasteiger partial charge on any atom is -0.380 e. The van der Waals surface area contributed by atoms with Gasteiger partial charge in [-0.05, 0) is 49.1 Å². The molecule has 3 rings (SSSR count). The molecule has 1 N–H and O–H groups in total. The zero-order chi connectivity index (χ0) is 13.9. The molecule has 2 heterocycles. The first-order chi connectivity index (χ1) is 9.74. The Balaban J connectivity index is 1.74. The quantitative estimate of drug-likeness (QED) is 0.924. The third kappa shape index (κ3) is 2.62. The average molecular weight is 267 g/mol. The van der Waals surface area contributed by atoms with Crippen molar-refractivity contribution >= 4 is 11.4 Å². The molecule has 0 fully saturated rings. The standard InChI is InChI=1S/C17H21N3/c1-13-16(6-3-9-18-13)19-12-14-7-8-17-15(11-14)5-4-10-20(17)2/h3,6-9,11,19H,4-5,10,12H2,1-2H3. The minimum atomic E-state index is 0.851. The Morgan fingerprint density at radius 1 is 1.30 bits per heavy atom. The SMILES string of the molecule is Cc1ncccc1NCc1ccc2c(c1)CCCN2C. The van der Waals surface area contributed by atoms with E-state index in [9.17, 15) is 0 Å². The molecule has 20 heavy (non-hydrogen) atoms. The molecule has 3 heteroatoms. The summed E-state index contributed by atoms with van der Waals surface area (Å²) in [6, 6.07) is 10.9. The fourth-order valence-electron chi connectivity index (χ4n) is 2.82. The molecule has 0 bridgehead atoms. The Hall–Kier alpha value is -2.03. The van der Waals surface area contributed by atoms with Crippen molar-refractivity contribution in [3.63, 3.8) is 0 Å². The second kappa shape index (κ2) is 5.53. The number of hydrogen-bond acceptors (Lipinski definition) is 3. The van der Waals surface area contributed by atoms with Crippen LogP contribution in [0, 0.1) is 6.92 Å². The predicted octanol–water partition coefficient (Wildman–Crippen LogP) is 3.38. The molecule has 0 saturated carbocycles. The van der Waals surface area contributed by atoms with Gasteiger partial charge in [0.25, 0.3) is 0 Å². The lowest BCUT2D eigenvalue weighted by Gasteiger charge is -2.27. The summed E-state index contributed by atoms with van der Waals surface area (Å²) in [7, 11) is 2.18. The van der Waals surface area contributed by atoms with Gasteiger partial charge < -0.3 is 10.2 Å². The normalized spacial score (nSPS) is 14.0. The first-order valence-electron chi connectivity index (χ1n) is 7.22. The molecule has 0 radical (unpaired) electrons. The van der Waals surface area contributed by atoms with Gasteiger partial charge in [0.05, 0.1) is 11.4 Å². The van der Waals surface area contributed by atoms with Gasteiger partial charge in [0.15, 0.2) is 0 Å². The average Bonchev–Trinajstić information content (AvgIpc) is 2.46. The van der Waals surface area contributed by atoms with Gasteiger partial charge in [-0.1, -0.05) is 12.1 Å². The van der Waals surface area contributed by atoms with Crippen molar-refractivity contribution in [1.82, 2.24) is 4.98 Å². The van der Waals surface area contributed by atoms with E-state index in [2.05, 4.69) is 46.5 Å². The molecule has 0 unspecified atom stereocenters. The lowest BCUT2D eigenvalue weighted by molar-refractivity contribution is 0.743. The van der Waals surface area contributed by atoms with E-state index >= 15 is 0 Å². The Kier molecular flexibility index (Phi) is 3.59. The van der Waals surface area contributed by atoms with Crippen molar-refractivity contribution in [2.45, 2.75) is 26.3 Å². The Morgan fingerprint density at radius 3 is 3.05 bits per heavy atom. The number of nitrogens with zero attached hydrogens (tertiary/aromatic N) is 2. The maximum absolute atomic E-state index is 4.30. The summed E-state index contributed by atoms with van der Waals surface area (Å²) in [5, 5.41) is 3.47. The van der Waals surface area contributed by atoms with Crippen molar-refractivity contribution in [2.24, 2.45) is 0 Å². The summed E-state index contributed by atoms with van der Waals surface area (Å²) in [5.41, 5.74) is 6.35. The first kappa shape index (κ1) is 13.0. The molecule has 0 atom stereocenters. The molecule has 1 aliphatic heterocycles. The zero-order valence-electron chi connectivity index (χ0n) is 12.2. The van der Waals surface area contributed by atoms with Crippen molar-refractivity contribution in [1.29, 1.82) is 0 Å². The Bertz CT molecular complexity index is 607. The molecule has 104 valence electrons. The second-order valence-electron chi connectivity index (χ2n) is 5.48. The van der Waals surface area contributed by atoms with Crippen LogP contribution in [0.2, 0.25) is 0 Å². The van der Waals surface area contributed by atoms with E-state index in [4.69, 9.17) is 0 Å². The van der Waals surface area contributed by atoms with Gasteiger partial charge in [0.2, 0.25) is 0 Å². The molecule has 0 amide bonds. The highest BCUT2D eigenvalue weighted by Gasteiger charge is 2.13. The zero-order valence-corrected chi connectivity index (χ0v) is 12.2. The number of aromatic nitrogens is 1. The van der Waals surface area contributed by atoms with E-state index in [-0.39, 0.29) is 0 Å². The molecule has 0 aliphatic carbocycles. The molecular weight excluding hydrogens is 246 g/mol. The molecule has 1 aromatic carbocycles. The van der Waals surface area contributed by atoms with Crippen LogP contribution in [0.25, 0.3) is 0 Å². The van der Waals surface area contributed by atoms with Gasteiger partial charge >= 0.3 is 0 Å².